The lowest BCUT2D eigenvalue weighted by atomic mass is 10.0. The van der Waals surface area contributed by atoms with Crippen LogP contribution in [0.15, 0.2) is 59.5 Å². The number of nitrogens with zero attached hydrogens (tertiary/aromatic N) is 1. The summed E-state index contributed by atoms with van der Waals surface area (Å²) >= 11 is 6.16. The van der Waals surface area contributed by atoms with Gasteiger partial charge in [-0.25, -0.2) is 4.79 Å². The van der Waals surface area contributed by atoms with Crippen LogP contribution >= 0.6 is 11.6 Å². The lowest BCUT2D eigenvalue weighted by Gasteiger charge is -2.19. The van der Waals surface area contributed by atoms with Crippen molar-refractivity contribution in [3.05, 3.63) is 81.2 Å². The monoisotopic (exact) mass is 485 g/mol. The number of fused-ring (bicyclic) bond motifs is 1. The standard InChI is InChI=1S/C23H20ClN3O7/c24-15-4-2-1-3-14(15)11-27-8-7-17(28)21(22(27)31)26-23(32)25-16(10-20(29)30)13-5-6-18-19(9-13)34-12-33-18/h1-9,16,28H,10-12H2,(H,29,30)(H2,25,26,32)/t16-/m0/s1. The van der Waals surface area contributed by atoms with E-state index in [0.717, 1.165) is 0 Å². The van der Waals surface area contributed by atoms with E-state index >= 15 is 0 Å². The molecule has 1 aromatic heterocycles. The lowest BCUT2D eigenvalue weighted by Crippen LogP contribution is -2.36. The molecule has 0 saturated carbocycles. The number of halogens is 1. The molecule has 0 aliphatic carbocycles. The number of hydrogen-bond acceptors (Lipinski definition) is 6. The van der Waals surface area contributed by atoms with E-state index in [2.05, 4.69) is 10.6 Å². The molecule has 11 heteroatoms. The fourth-order valence-corrected chi connectivity index (χ4v) is 3.68. The molecule has 0 saturated heterocycles. The summed E-state index contributed by atoms with van der Waals surface area (Å²) in [5.74, 6) is -0.644. The van der Waals surface area contributed by atoms with Crippen LogP contribution in [-0.4, -0.2) is 33.6 Å². The van der Waals surface area contributed by atoms with E-state index in [1.807, 2.05) is 0 Å². The zero-order chi connectivity index (χ0) is 24.2. The van der Waals surface area contributed by atoms with Gasteiger partial charge in [0.1, 0.15) is 5.75 Å². The molecule has 0 radical (unpaired) electrons. The quantitative estimate of drug-likeness (QED) is 0.402. The predicted molar refractivity (Wildman–Crippen MR) is 123 cm³/mol. The molecule has 0 bridgehead atoms. The smallest absolute Gasteiger partial charge is 0.319 e. The number of carboxylic acid groups (broad SMARTS) is 1. The Balaban J connectivity index is 1.54. The predicted octanol–water partition coefficient (Wildman–Crippen LogP) is 3.32. The second-order valence-corrected chi connectivity index (χ2v) is 7.87. The molecule has 2 amide bonds. The number of benzene rings is 2. The summed E-state index contributed by atoms with van der Waals surface area (Å²) in [7, 11) is 0. The Kier molecular flexibility index (Phi) is 6.60. The number of carboxylic acids is 1. The van der Waals surface area contributed by atoms with Crippen molar-refractivity contribution in [2.24, 2.45) is 0 Å². The summed E-state index contributed by atoms with van der Waals surface area (Å²) in [5, 5.41) is 24.8. The number of amides is 2. The number of nitrogens with one attached hydrogen (secondary N) is 2. The van der Waals surface area contributed by atoms with Gasteiger partial charge in [0.05, 0.1) is 19.0 Å². The number of carbonyl (C=O) groups excluding carboxylic acids is 1. The molecule has 3 aromatic rings. The Morgan fingerprint density at radius 1 is 1.12 bits per heavy atom. The second-order valence-electron chi connectivity index (χ2n) is 7.46. The topological polar surface area (TPSA) is 139 Å². The zero-order valence-corrected chi connectivity index (χ0v) is 18.4. The minimum atomic E-state index is -1.15. The van der Waals surface area contributed by atoms with Gasteiger partial charge in [-0.1, -0.05) is 35.9 Å². The van der Waals surface area contributed by atoms with Crippen molar-refractivity contribution in [1.82, 2.24) is 9.88 Å². The Labute approximate surface area is 198 Å². The van der Waals surface area contributed by atoms with Gasteiger partial charge in [-0.2, -0.15) is 0 Å². The second kappa shape index (κ2) is 9.75. The van der Waals surface area contributed by atoms with Crippen LogP contribution < -0.4 is 25.7 Å². The molecular formula is C23H20ClN3O7. The van der Waals surface area contributed by atoms with Gasteiger partial charge in [-0.15, -0.1) is 0 Å². The van der Waals surface area contributed by atoms with E-state index in [9.17, 15) is 24.6 Å². The minimum absolute atomic E-state index is 0.0457. The van der Waals surface area contributed by atoms with Crippen molar-refractivity contribution < 1.29 is 29.3 Å². The van der Waals surface area contributed by atoms with Gasteiger partial charge in [-0.3, -0.25) is 9.59 Å². The van der Waals surface area contributed by atoms with Crippen molar-refractivity contribution in [2.45, 2.75) is 19.0 Å². The number of aromatic nitrogens is 1. The fourth-order valence-electron chi connectivity index (χ4n) is 3.48. The van der Waals surface area contributed by atoms with Crippen LogP contribution in [0.5, 0.6) is 17.2 Å². The van der Waals surface area contributed by atoms with Crippen LogP contribution in [0, 0.1) is 0 Å². The summed E-state index contributed by atoms with van der Waals surface area (Å²) in [6.07, 6.45) is 0.953. The van der Waals surface area contributed by atoms with Crippen LogP contribution in [0.4, 0.5) is 10.5 Å². The number of ether oxygens (including phenoxy) is 2. The average molecular weight is 486 g/mol. The van der Waals surface area contributed by atoms with E-state index in [4.69, 9.17) is 21.1 Å². The summed E-state index contributed by atoms with van der Waals surface area (Å²) in [5.41, 5.74) is 0.131. The van der Waals surface area contributed by atoms with Crippen molar-refractivity contribution in [3.63, 3.8) is 0 Å². The third-order valence-corrected chi connectivity index (χ3v) is 5.53. The molecule has 2 heterocycles. The third-order valence-electron chi connectivity index (χ3n) is 5.16. The molecule has 1 aliphatic rings. The van der Waals surface area contributed by atoms with Gasteiger partial charge in [0.2, 0.25) is 6.79 Å². The largest absolute Gasteiger partial charge is 0.505 e. The molecule has 4 N–H and O–H groups in total. The number of carbonyl (C=O) groups is 2. The Bertz CT molecular complexity index is 1310. The third kappa shape index (κ3) is 5.07. The van der Waals surface area contributed by atoms with Gasteiger partial charge < -0.3 is 34.9 Å². The maximum absolute atomic E-state index is 12.9. The number of rotatable bonds is 7. The molecule has 34 heavy (non-hydrogen) atoms. The van der Waals surface area contributed by atoms with Crippen molar-refractivity contribution in [2.75, 3.05) is 12.1 Å². The van der Waals surface area contributed by atoms with Crippen LogP contribution in [0.25, 0.3) is 0 Å². The summed E-state index contributed by atoms with van der Waals surface area (Å²) in [6, 6.07) is 11.2. The van der Waals surface area contributed by atoms with Gasteiger partial charge in [-0.05, 0) is 35.4 Å². The first kappa shape index (κ1) is 23.0. The molecule has 10 nitrogen and oxygen atoms in total. The van der Waals surface area contributed by atoms with E-state index in [1.54, 1.807) is 42.5 Å². The normalized spacial score (nSPS) is 12.7. The molecule has 0 unspecified atom stereocenters. The fraction of sp³-hybridized carbons (Fsp3) is 0.174. The average Bonchev–Trinajstić information content (AvgIpc) is 3.27. The van der Waals surface area contributed by atoms with Crippen LogP contribution in [0.1, 0.15) is 23.6 Å². The van der Waals surface area contributed by atoms with Crippen LogP contribution in [0.3, 0.4) is 0 Å². The molecule has 176 valence electrons. The first-order valence-corrected chi connectivity index (χ1v) is 10.5. The Morgan fingerprint density at radius 2 is 1.88 bits per heavy atom. The van der Waals surface area contributed by atoms with E-state index < -0.39 is 35.8 Å². The highest BCUT2D eigenvalue weighted by molar-refractivity contribution is 6.31. The molecule has 4 rings (SSSR count). The zero-order valence-electron chi connectivity index (χ0n) is 17.7. The lowest BCUT2D eigenvalue weighted by molar-refractivity contribution is -0.137. The van der Waals surface area contributed by atoms with Gasteiger partial charge >= 0.3 is 12.0 Å². The van der Waals surface area contributed by atoms with Gasteiger partial charge in [0.25, 0.3) is 5.56 Å². The summed E-state index contributed by atoms with van der Waals surface area (Å²) in [4.78, 5) is 37.0. The van der Waals surface area contributed by atoms with E-state index in [-0.39, 0.29) is 19.0 Å². The maximum Gasteiger partial charge on any atom is 0.319 e. The van der Waals surface area contributed by atoms with E-state index in [1.165, 1.54) is 16.8 Å². The molecule has 1 atom stereocenters. The highest BCUT2D eigenvalue weighted by Crippen LogP contribution is 2.35. The van der Waals surface area contributed by atoms with Crippen LogP contribution in [-0.2, 0) is 11.3 Å². The minimum Gasteiger partial charge on any atom is -0.505 e. The molecular weight excluding hydrogens is 466 g/mol. The number of hydrogen-bond donors (Lipinski definition) is 4. The van der Waals surface area contributed by atoms with Crippen LogP contribution in [0.2, 0.25) is 5.02 Å². The number of aliphatic carboxylic acids is 1. The van der Waals surface area contributed by atoms with Gasteiger partial charge in [0.15, 0.2) is 17.2 Å². The maximum atomic E-state index is 12.9. The summed E-state index contributed by atoms with van der Waals surface area (Å²) < 4.78 is 11.8. The van der Waals surface area contributed by atoms with Gasteiger partial charge in [0, 0.05) is 11.2 Å². The van der Waals surface area contributed by atoms with Crippen molar-refractivity contribution in [1.29, 1.82) is 0 Å². The first-order chi connectivity index (χ1) is 16.3. The number of urea groups is 1. The molecule has 0 spiro atoms. The highest BCUT2D eigenvalue weighted by atomic mass is 35.5. The number of anilines is 1. The number of pyridine rings is 1. The highest BCUT2D eigenvalue weighted by Gasteiger charge is 2.23. The molecule has 1 aliphatic heterocycles. The Hall–Kier alpha value is -4.18. The summed E-state index contributed by atoms with van der Waals surface area (Å²) in [6.45, 7) is 0.165. The van der Waals surface area contributed by atoms with E-state index in [0.29, 0.717) is 27.6 Å². The molecule has 2 aromatic carbocycles. The molecule has 0 fully saturated rings. The number of aromatic hydroxyl groups is 1. The first-order valence-electron chi connectivity index (χ1n) is 10.2. The van der Waals surface area contributed by atoms with Crippen molar-refractivity contribution >= 4 is 29.3 Å². The van der Waals surface area contributed by atoms with Crippen molar-refractivity contribution in [3.8, 4) is 17.2 Å². The Morgan fingerprint density at radius 3 is 2.65 bits per heavy atom. The SMILES string of the molecule is O=C(O)C[C@H](NC(=O)Nc1c(O)ccn(Cc2ccccc2Cl)c1=O)c1ccc2c(c1)OCO2.